The molecule has 0 saturated heterocycles. The quantitative estimate of drug-likeness (QED) is 0.756. The molecule has 5 nitrogen and oxygen atoms in total. The molecule has 0 bridgehead atoms. The van der Waals surface area contributed by atoms with Gasteiger partial charge in [0.05, 0.1) is 13.2 Å². The molecule has 1 aromatic heterocycles. The van der Waals surface area contributed by atoms with Crippen LogP contribution in [-0.2, 0) is 23.7 Å². The molecular formula is C11H22N4O. The average Bonchev–Trinajstić information content (AvgIpc) is 2.55. The Morgan fingerprint density at radius 1 is 1.38 bits per heavy atom. The van der Waals surface area contributed by atoms with E-state index in [1.54, 1.807) is 7.11 Å². The molecule has 0 fully saturated rings. The highest BCUT2D eigenvalue weighted by Gasteiger charge is 2.20. The van der Waals surface area contributed by atoms with E-state index in [4.69, 9.17) is 4.74 Å². The zero-order chi connectivity index (χ0) is 12.2. The molecule has 0 radical (unpaired) electrons. The lowest BCUT2D eigenvalue weighted by Crippen LogP contribution is -2.20. The molecule has 1 rings (SSSR count). The van der Waals surface area contributed by atoms with Crippen molar-refractivity contribution in [2.75, 3.05) is 20.3 Å². The van der Waals surface area contributed by atoms with Gasteiger partial charge in [0.25, 0.3) is 0 Å². The smallest absolute Gasteiger partial charge is 0.156 e. The van der Waals surface area contributed by atoms with Crippen molar-refractivity contribution in [1.82, 2.24) is 20.1 Å². The van der Waals surface area contributed by atoms with Crippen molar-refractivity contribution in [3.63, 3.8) is 0 Å². The number of hydrogen-bond acceptors (Lipinski definition) is 4. The van der Waals surface area contributed by atoms with Crippen LogP contribution in [0.2, 0.25) is 0 Å². The predicted molar refractivity (Wildman–Crippen MR) is 63.3 cm³/mol. The van der Waals surface area contributed by atoms with Crippen molar-refractivity contribution >= 4 is 0 Å². The monoisotopic (exact) mass is 226 g/mol. The summed E-state index contributed by atoms with van der Waals surface area (Å²) in [4.78, 5) is 4.53. The van der Waals surface area contributed by atoms with Crippen LogP contribution < -0.4 is 5.32 Å². The normalized spacial score (nSPS) is 12.1. The molecular weight excluding hydrogens is 204 g/mol. The predicted octanol–water partition coefficient (Wildman–Crippen LogP) is 0.849. The van der Waals surface area contributed by atoms with Crippen molar-refractivity contribution in [2.45, 2.75) is 32.7 Å². The first-order valence-corrected chi connectivity index (χ1v) is 5.55. The van der Waals surface area contributed by atoms with Crippen molar-refractivity contribution in [3.8, 4) is 0 Å². The minimum absolute atomic E-state index is 0.00252. The van der Waals surface area contributed by atoms with E-state index >= 15 is 0 Å². The van der Waals surface area contributed by atoms with E-state index in [9.17, 15) is 0 Å². The van der Waals surface area contributed by atoms with Crippen LogP contribution in [0, 0.1) is 0 Å². The van der Waals surface area contributed by atoms with E-state index in [0.29, 0.717) is 6.61 Å². The van der Waals surface area contributed by atoms with Crippen LogP contribution in [0.4, 0.5) is 0 Å². The lowest BCUT2D eigenvalue weighted by molar-refractivity contribution is 0.199. The molecule has 5 heteroatoms. The number of aromatic nitrogens is 3. The third kappa shape index (κ3) is 3.57. The third-order valence-corrected chi connectivity index (χ3v) is 2.29. The fourth-order valence-electron chi connectivity index (χ4n) is 1.26. The maximum atomic E-state index is 4.96. The lowest BCUT2D eigenvalue weighted by atomic mass is 9.96. The molecule has 0 saturated carbocycles. The first-order valence-electron chi connectivity index (χ1n) is 5.55. The first kappa shape index (κ1) is 13.1. The summed E-state index contributed by atoms with van der Waals surface area (Å²) in [6.07, 6.45) is 0. The molecule has 0 spiro atoms. The van der Waals surface area contributed by atoms with Gasteiger partial charge in [0.2, 0.25) is 0 Å². The maximum Gasteiger partial charge on any atom is 0.156 e. The Labute approximate surface area is 97.2 Å². The molecule has 0 aliphatic heterocycles. The van der Waals surface area contributed by atoms with Gasteiger partial charge < -0.3 is 10.1 Å². The van der Waals surface area contributed by atoms with E-state index < -0.39 is 0 Å². The second-order valence-corrected chi connectivity index (χ2v) is 4.89. The van der Waals surface area contributed by atoms with Crippen molar-refractivity contribution in [2.24, 2.45) is 7.05 Å². The number of ether oxygens (including phenoxy) is 1. The fourth-order valence-corrected chi connectivity index (χ4v) is 1.26. The molecule has 92 valence electrons. The Bertz CT molecular complexity index is 327. The number of rotatable bonds is 5. The highest BCUT2D eigenvalue weighted by molar-refractivity contribution is 5.03. The highest BCUT2D eigenvalue weighted by atomic mass is 16.5. The summed E-state index contributed by atoms with van der Waals surface area (Å²) < 4.78 is 6.80. The van der Waals surface area contributed by atoms with Gasteiger partial charge >= 0.3 is 0 Å². The largest absolute Gasteiger partial charge is 0.383 e. The minimum atomic E-state index is 0.00252. The average molecular weight is 226 g/mol. The number of hydrogen-bond donors (Lipinski definition) is 1. The number of nitrogens with zero attached hydrogens (tertiary/aromatic N) is 3. The zero-order valence-electron chi connectivity index (χ0n) is 10.9. The van der Waals surface area contributed by atoms with Crippen LogP contribution in [0.3, 0.4) is 0 Å². The van der Waals surface area contributed by atoms with Crippen LogP contribution in [0.1, 0.15) is 32.4 Å². The summed E-state index contributed by atoms with van der Waals surface area (Å²) in [5.74, 6) is 1.85. The summed E-state index contributed by atoms with van der Waals surface area (Å²) in [7, 11) is 3.62. The second kappa shape index (κ2) is 5.41. The van der Waals surface area contributed by atoms with Gasteiger partial charge in [0.1, 0.15) is 5.82 Å². The van der Waals surface area contributed by atoms with E-state index in [1.807, 2.05) is 11.7 Å². The number of aryl methyl sites for hydroxylation is 1. The van der Waals surface area contributed by atoms with Crippen molar-refractivity contribution in [3.05, 3.63) is 11.6 Å². The standard InChI is InChI=1S/C11H22N4O/c1-11(2,3)10-13-9(15(4)14-10)8-12-6-7-16-5/h12H,6-8H2,1-5H3. The Morgan fingerprint density at radius 2 is 2.06 bits per heavy atom. The number of nitrogens with one attached hydrogen (secondary N) is 1. The molecule has 0 amide bonds. The summed E-state index contributed by atoms with van der Waals surface area (Å²) >= 11 is 0. The lowest BCUT2D eigenvalue weighted by Gasteiger charge is -2.12. The van der Waals surface area contributed by atoms with Crippen molar-refractivity contribution < 1.29 is 4.74 Å². The molecule has 0 aromatic carbocycles. The Hall–Kier alpha value is -0.940. The van der Waals surface area contributed by atoms with E-state index in [0.717, 1.165) is 24.7 Å². The van der Waals surface area contributed by atoms with E-state index in [2.05, 4.69) is 36.2 Å². The molecule has 1 aromatic rings. The van der Waals surface area contributed by atoms with Gasteiger partial charge in [-0.2, -0.15) is 5.10 Å². The summed E-state index contributed by atoms with van der Waals surface area (Å²) in [6, 6.07) is 0. The first-order chi connectivity index (χ1) is 7.45. The molecule has 0 unspecified atom stereocenters. The Balaban J connectivity index is 2.57. The fraction of sp³-hybridized carbons (Fsp3) is 0.818. The van der Waals surface area contributed by atoms with Gasteiger partial charge in [-0.15, -0.1) is 0 Å². The van der Waals surface area contributed by atoms with Gasteiger partial charge in [0, 0.05) is 26.1 Å². The minimum Gasteiger partial charge on any atom is -0.383 e. The van der Waals surface area contributed by atoms with Crippen LogP contribution in [0.25, 0.3) is 0 Å². The second-order valence-electron chi connectivity index (χ2n) is 4.89. The van der Waals surface area contributed by atoms with Crippen LogP contribution >= 0.6 is 0 Å². The summed E-state index contributed by atoms with van der Waals surface area (Å²) in [5.41, 5.74) is 0.00252. The van der Waals surface area contributed by atoms with E-state index in [1.165, 1.54) is 0 Å². The van der Waals surface area contributed by atoms with E-state index in [-0.39, 0.29) is 5.41 Å². The van der Waals surface area contributed by atoms with Gasteiger partial charge in [-0.25, -0.2) is 4.98 Å². The SMILES string of the molecule is COCCNCc1nc(C(C)(C)C)nn1C. The maximum absolute atomic E-state index is 4.96. The third-order valence-electron chi connectivity index (χ3n) is 2.29. The van der Waals surface area contributed by atoms with Crippen LogP contribution in [0.5, 0.6) is 0 Å². The summed E-state index contributed by atoms with van der Waals surface area (Å²) in [6.45, 7) is 8.61. The van der Waals surface area contributed by atoms with Crippen molar-refractivity contribution in [1.29, 1.82) is 0 Å². The Morgan fingerprint density at radius 3 is 2.56 bits per heavy atom. The van der Waals surface area contributed by atoms with Gasteiger partial charge in [0.15, 0.2) is 5.82 Å². The van der Waals surface area contributed by atoms with Gasteiger partial charge in [-0.1, -0.05) is 20.8 Å². The molecule has 16 heavy (non-hydrogen) atoms. The van der Waals surface area contributed by atoms with Crippen LogP contribution in [-0.4, -0.2) is 35.0 Å². The summed E-state index contributed by atoms with van der Waals surface area (Å²) in [5, 5.41) is 7.67. The van der Waals surface area contributed by atoms with Gasteiger partial charge in [-0.3, -0.25) is 4.68 Å². The number of methoxy groups -OCH3 is 1. The van der Waals surface area contributed by atoms with Crippen LogP contribution in [0.15, 0.2) is 0 Å². The molecule has 0 aliphatic carbocycles. The highest BCUT2D eigenvalue weighted by Crippen LogP contribution is 2.17. The zero-order valence-corrected chi connectivity index (χ0v) is 10.9. The molecule has 1 N–H and O–H groups in total. The molecule has 0 aliphatic rings. The topological polar surface area (TPSA) is 52.0 Å². The van der Waals surface area contributed by atoms with Gasteiger partial charge in [-0.05, 0) is 0 Å². The molecule has 0 atom stereocenters. The Kier molecular flexibility index (Phi) is 4.44. The molecule has 1 heterocycles.